The van der Waals surface area contributed by atoms with Gasteiger partial charge in [0.1, 0.15) is 5.75 Å². The number of rotatable bonds is 5. The third-order valence-corrected chi connectivity index (χ3v) is 4.29. The molecule has 2 rings (SSSR count). The van der Waals surface area contributed by atoms with E-state index in [1.165, 1.54) is 11.1 Å². The minimum atomic E-state index is 0.148. The van der Waals surface area contributed by atoms with Crippen LogP contribution >= 0.6 is 0 Å². The molecular formula is C17H25NO3. The molecule has 116 valence electrons. The molecule has 0 spiro atoms. The normalized spacial score (nSPS) is 16.0. The van der Waals surface area contributed by atoms with E-state index in [4.69, 9.17) is 9.84 Å². The first-order valence-corrected chi connectivity index (χ1v) is 7.69. The van der Waals surface area contributed by atoms with Gasteiger partial charge in [-0.3, -0.25) is 4.79 Å². The van der Waals surface area contributed by atoms with E-state index in [1.54, 1.807) is 0 Å². The summed E-state index contributed by atoms with van der Waals surface area (Å²) in [5, 5.41) is 9.10. The quantitative estimate of drug-likeness (QED) is 0.905. The van der Waals surface area contributed by atoms with Gasteiger partial charge in [0, 0.05) is 19.7 Å². The Hall–Kier alpha value is -1.55. The van der Waals surface area contributed by atoms with Gasteiger partial charge < -0.3 is 14.7 Å². The molecule has 0 saturated carbocycles. The molecule has 0 unspecified atom stereocenters. The van der Waals surface area contributed by atoms with E-state index >= 15 is 0 Å². The number of aliphatic hydroxyl groups excluding tert-OH is 1. The second kappa shape index (κ2) is 7.46. The van der Waals surface area contributed by atoms with E-state index in [-0.39, 0.29) is 12.5 Å². The first-order chi connectivity index (χ1) is 10.1. The lowest BCUT2D eigenvalue weighted by Crippen LogP contribution is -2.39. The Kier molecular flexibility index (Phi) is 5.62. The van der Waals surface area contributed by atoms with Gasteiger partial charge in [-0.2, -0.15) is 0 Å². The van der Waals surface area contributed by atoms with Crippen LogP contribution in [0.2, 0.25) is 0 Å². The van der Waals surface area contributed by atoms with E-state index in [9.17, 15) is 4.79 Å². The Bertz CT molecular complexity index is 479. The molecule has 1 aliphatic rings. The van der Waals surface area contributed by atoms with Crippen molar-refractivity contribution in [2.75, 3.05) is 26.3 Å². The number of amides is 1. The number of carbonyl (C=O) groups excluding carboxylic acids is 1. The van der Waals surface area contributed by atoms with Gasteiger partial charge in [0.25, 0.3) is 0 Å². The first kappa shape index (κ1) is 15.8. The van der Waals surface area contributed by atoms with E-state index in [2.05, 4.69) is 13.8 Å². The SMILES string of the molecule is Cc1ccc(OCCC(=O)N2CCC(CO)CC2)cc1C. The standard InChI is InChI=1S/C17H25NO3/c1-13-3-4-16(11-14(13)2)21-10-7-17(20)18-8-5-15(12-19)6-9-18/h3-4,11,15,19H,5-10,12H2,1-2H3. The van der Waals surface area contributed by atoms with Crippen LogP contribution in [-0.2, 0) is 4.79 Å². The first-order valence-electron chi connectivity index (χ1n) is 7.69. The monoisotopic (exact) mass is 291 g/mol. The molecule has 0 bridgehead atoms. The second-order valence-electron chi connectivity index (χ2n) is 5.85. The van der Waals surface area contributed by atoms with Crippen LogP contribution in [0.5, 0.6) is 5.75 Å². The molecule has 21 heavy (non-hydrogen) atoms. The van der Waals surface area contributed by atoms with Crippen molar-refractivity contribution in [3.63, 3.8) is 0 Å². The average molecular weight is 291 g/mol. The van der Waals surface area contributed by atoms with E-state index in [1.807, 2.05) is 23.1 Å². The van der Waals surface area contributed by atoms with E-state index in [0.717, 1.165) is 31.7 Å². The molecule has 1 N–H and O–H groups in total. The lowest BCUT2D eigenvalue weighted by atomic mass is 9.98. The van der Waals surface area contributed by atoms with Gasteiger partial charge in [0.2, 0.25) is 5.91 Å². The number of ether oxygens (including phenoxy) is 1. The van der Waals surface area contributed by atoms with Gasteiger partial charge >= 0.3 is 0 Å². The molecule has 1 aliphatic heterocycles. The molecule has 1 amide bonds. The van der Waals surface area contributed by atoms with Crippen LogP contribution in [-0.4, -0.2) is 42.2 Å². The van der Waals surface area contributed by atoms with Crippen LogP contribution in [0.3, 0.4) is 0 Å². The highest BCUT2D eigenvalue weighted by molar-refractivity contribution is 5.76. The third kappa shape index (κ3) is 4.46. The molecule has 0 aliphatic carbocycles. The Morgan fingerprint density at radius 1 is 1.29 bits per heavy atom. The number of aliphatic hydroxyl groups is 1. The van der Waals surface area contributed by atoms with Gasteiger partial charge in [0.15, 0.2) is 0 Å². The number of benzene rings is 1. The maximum absolute atomic E-state index is 12.1. The summed E-state index contributed by atoms with van der Waals surface area (Å²) in [4.78, 5) is 14.0. The number of hydrogen-bond acceptors (Lipinski definition) is 3. The second-order valence-corrected chi connectivity index (χ2v) is 5.85. The predicted octanol–water partition coefficient (Wildman–Crippen LogP) is 2.30. The number of nitrogens with zero attached hydrogens (tertiary/aromatic N) is 1. The number of likely N-dealkylation sites (tertiary alicyclic amines) is 1. The molecule has 0 atom stereocenters. The summed E-state index contributed by atoms with van der Waals surface area (Å²) < 4.78 is 5.66. The lowest BCUT2D eigenvalue weighted by Gasteiger charge is -2.31. The average Bonchev–Trinajstić information content (AvgIpc) is 2.51. The summed E-state index contributed by atoms with van der Waals surface area (Å²) in [5.41, 5.74) is 2.44. The molecule has 4 nitrogen and oxygen atoms in total. The van der Waals surface area contributed by atoms with Crippen LogP contribution in [0.15, 0.2) is 18.2 Å². The van der Waals surface area contributed by atoms with Crippen molar-refractivity contribution in [3.8, 4) is 5.75 Å². The maximum atomic E-state index is 12.1. The smallest absolute Gasteiger partial charge is 0.225 e. The minimum Gasteiger partial charge on any atom is -0.493 e. The molecule has 0 radical (unpaired) electrons. The molecule has 1 saturated heterocycles. The molecule has 1 aromatic carbocycles. The van der Waals surface area contributed by atoms with Crippen LogP contribution < -0.4 is 4.74 Å². The fraction of sp³-hybridized carbons (Fsp3) is 0.588. The van der Waals surface area contributed by atoms with Crippen molar-refractivity contribution in [2.24, 2.45) is 5.92 Å². The van der Waals surface area contributed by atoms with Gasteiger partial charge in [0.05, 0.1) is 13.0 Å². The highest BCUT2D eigenvalue weighted by atomic mass is 16.5. The minimum absolute atomic E-state index is 0.148. The van der Waals surface area contributed by atoms with Crippen molar-refractivity contribution in [1.29, 1.82) is 0 Å². The molecule has 1 fully saturated rings. The number of aryl methyl sites for hydroxylation is 2. The van der Waals surface area contributed by atoms with Crippen molar-refractivity contribution >= 4 is 5.91 Å². The van der Waals surface area contributed by atoms with Gasteiger partial charge in [-0.1, -0.05) is 6.07 Å². The fourth-order valence-electron chi connectivity index (χ4n) is 2.58. The summed E-state index contributed by atoms with van der Waals surface area (Å²) in [5.74, 6) is 1.33. The van der Waals surface area contributed by atoms with Crippen molar-refractivity contribution in [1.82, 2.24) is 4.90 Å². The highest BCUT2D eigenvalue weighted by Gasteiger charge is 2.21. The van der Waals surface area contributed by atoms with Crippen LogP contribution in [0.25, 0.3) is 0 Å². The van der Waals surface area contributed by atoms with E-state index < -0.39 is 0 Å². The summed E-state index contributed by atoms with van der Waals surface area (Å²) >= 11 is 0. The molecule has 4 heteroatoms. The number of hydrogen-bond donors (Lipinski definition) is 1. The summed E-state index contributed by atoms with van der Waals surface area (Å²) in [6, 6.07) is 5.98. The third-order valence-electron chi connectivity index (χ3n) is 4.29. The predicted molar refractivity (Wildman–Crippen MR) is 82.4 cm³/mol. The molecular weight excluding hydrogens is 266 g/mol. The summed E-state index contributed by atoms with van der Waals surface area (Å²) in [6.45, 7) is 6.29. The van der Waals surface area contributed by atoms with Crippen LogP contribution in [0.4, 0.5) is 0 Å². The molecule has 1 heterocycles. The Morgan fingerprint density at radius 3 is 2.62 bits per heavy atom. The molecule has 1 aromatic rings. The largest absolute Gasteiger partial charge is 0.493 e. The summed E-state index contributed by atoms with van der Waals surface area (Å²) in [6.07, 6.45) is 2.22. The number of carbonyl (C=O) groups is 1. The van der Waals surface area contributed by atoms with Crippen LogP contribution in [0.1, 0.15) is 30.4 Å². The van der Waals surface area contributed by atoms with Crippen molar-refractivity contribution in [3.05, 3.63) is 29.3 Å². The number of piperidine rings is 1. The fourth-order valence-corrected chi connectivity index (χ4v) is 2.58. The zero-order valence-corrected chi connectivity index (χ0v) is 13.0. The van der Waals surface area contributed by atoms with Gasteiger partial charge in [-0.15, -0.1) is 0 Å². The van der Waals surface area contributed by atoms with Crippen molar-refractivity contribution < 1.29 is 14.6 Å². The van der Waals surface area contributed by atoms with Crippen molar-refractivity contribution in [2.45, 2.75) is 33.1 Å². The topological polar surface area (TPSA) is 49.8 Å². The summed E-state index contributed by atoms with van der Waals surface area (Å²) in [7, 11) is 0. The van der Waals surface area contributed by atoms with E-state index in [0.29, 0.717) is 18.9 Å². The Morgan fingerprint density at radius 2 is 2.00 bits per heavy atom. The highest BCUT2D eigenvalue weighted by Crippen LogP contribution is 2.18. The Balaban J connectivity index is 1.73. The zero-order chi connectivity index (χ0) is 15.2. The van der Waals surface area contributed by atoms with Crippen LogP contribution in [0, 0.1) is 19.8 Å². The molecule has 0 aromatic heterocycles. The van der Waals surface area contributed by atoms with Gasteiger partial charge in [-0.25, -0.2) is 0 Å². The lowest BCUT2D eigenvalue weighted by molar-refractivity contribution is -0.133. The Labute approximate surface area is 126 Å². The van der Waals surface area contributed by atoms with Gasteiger partial charge in [-0.05, 0) is 55.9 Å². The maximum Gasteiger partial charge on any atom is 0.225 e. The zero-order valence-electron chi connectivity index (χ0n) is 13.0.